The summed E-state index contributed by atoms with van der Waals surface area (Å²) in [4.78, 5) is 0. The summed E-state index contributed by atoms with van der Waals surface area (Å²) in [6, 6.07) is 13.1. The summed E-state index contributed by atoms with van der Waals surface area (Å²) in [7, 11) is 0. The Kier molecular flexibility index (Phi) is 5.29. The number of benzene rings is 2. The Morgan fingerprint density at radius 3 is 2.35 bits per heavy atom. The molecule has 0 saturated heterocycles. The summed E-state index contributed by atoms with van der Waals surface area (Å²) in [6.07, 6.45) is 2.18. The summed E-state index contributed by atoms with van der Waals surface area (Å²) < 4.78 is 14.1. The van der Waals surface area contributed by atoms with Crippen LogP contribution in [0.25, 0.3) is 0 Å². The van der Waals surface area contributed by atoms with Gasteiger partial charge < -0.3 is 0 Å². The van der Waals surface area contributed by atoms with Gasteiger partial charge in [-0.1, -0.05) is 43.7 Å². The third-order valence-electron chi connectivity index (χ3n) is 3.30. The zero-order valence-corrected chi connectivity index (χ0v) is 13.0. The Morgan fingerprint density at radius 2 is 1.80 bits per heavy atom. The van der Waals surface area contributed by atoms with E-state index in [1.807, 2.05) is 18.2 Å². The number of hydrazine groups is 1. The lowest BCUT2D eigenvalue weighted by molar-refractivity contribution is 0.600. The van der Waals surface area contributed by atoms with Gasteiger partial charge in [-0.25, -0.2) is 9.82 Å². The number of aryl methyl sites for hydroxylation is 1. The molecule has 0 aliphatic heterocycles. The van der Waals surface area contributed by atoms with Crippen molar-refractivity contribution in [3.63, 3.8) is 0 Å². The van der Waals surface area contributed by atoms with Crippen LogP contribution in [0.1, 0.15) is 36.1 Å². The molecule has 1 atom stereocenters. The summed E-state index contributed by atoms with van der Waals surface area (Å²) in [5.74, 6) is 5.35. The molecule has 0 fully saturated rings. The van der Waals surface area contributed by atoms with Crippen LogP contribution in [0.4, 0.5) is 4.39 Å². The summed E-state index contributed by atoms with van der Waals surface area (Å²) in [5, 5.41) is 0. The van der Waals surface area contributed by atoms with Gasteiger partial charge >= 0.3 is 0 Å². The average Bonchev–Trinajstić information content (AvgIpc) is 2.46. The highest BCUT2D eigenvalue weighted by Crippen LogP contribution is 2.25. The lowest BCUT2D eigenvalue weighted by Crippen LogP contribution is -2.28. The van der Waals surface area contributed by atoms with Crippen molar-refractivity contribution in [2.75, 3.05) is 0 Å². The SMILES string of the molecule is CCCc1ccc(C(NN)c2ccc(Br)c(F)c2)cc1. The van der Waals surface area contributed by atoms with Gasteiger partial charge in [-0.15, -0.1) is 0 Å². The number of nitrogens with two attached hydrogens (primary N) is 1. The highest BCUT2D eigenvalue weighted by atomic mass is 79.9. The van der Waals surface area contributed by atoms with Gasteiger partial charge in [-0.05, 0) is 51.2 Å². The largest absolute Gasteiger partial charge is 0.271 e. The van der Waals surface area contributed by atoms with E-state index in [1.54, 1.807) is 6.07 Å². The van der Waals surface area contributed by atoms with E-state index in [9.17, 15) is 4.39 Å². The number of rotatable bonds is 5. The molecule has 0 aliphatic rings. The van der Waals surface area contributed by atoms with Gasteiger partial charge in [-0.3, -0.25) is 5.84 Å². The van der Waals surface area contributed by atoms with Crippen LogP contribution in [-0.2, 0) is 6.42 Å². The number of hydrogen-bond donors (Lipinski definition) is 2. The van der Waals surface area contributed by atoms with Crippen molar-refractivity contribution in [2.24, 2.45) is 5.84 Å². The molecule has 0 heterocycles. The highest BCUT2D eigenvalue weighted by Gasteiger charge is 2.14. The van der Waals surface area contributed by atoms with Gasteiger partial charge in [0.2, 0.25) is 0 Å². The second-order valence-electron chi connectivity index (χ2n) is 4.76. The van der Waals surface area contributed by atoms with Crippen LogP contribution in [0.2, 0.25) is 0 Å². The molecule has 1 unspecified atom stereocenters. The minimum atomic E-state index is -0.287. The zero-order valence-electron chi connectivity index (χ0n) is 11.4. The van der Waals surface area contributed by atoms with E-state index in [2.05, 4.69) is 40.4 Å². The van der Waals surface area contributed by atoms with E-state index < -0.39 is 0 Å². The normalized spacial score (nSPS) is 12.4. The van der Waals surface area contributed by atoms with Crippen molar-refractivity contribution < 1.29 is 4.39 Å². The maximum atomic E-state index is 13.6. The first kappa shape index (κ1) is 15.2. The van der Waals surface area contributed by atoms with Gasteiger partial charge in [0.1, 0.15) is 5.82 Å². The smallest absolute Gasteiger partial charge is 0.137 e. The summed E-state index contributed by atoms with van der Waals surface area (Å²) >= 11 is 3.16. The molecule has 106 valence electrons. The van der Waals surface area contributed by atoms with Crippen LogP contribution in [0.3, 0.4) is 0 Å². The molecule has 0 bridgehead atoms. The Balaban J connectivity index is 2.29. The molecular weight excluding hydrogens is 319 g/mol. The van der Waals surface area contributed by atoms with Crippen LogP contribution in [-0.4, -0.2) is 0 Å². The van der Waals surface area contributed by atoms with Crippen LogP contribution in [0.15, 0.2) is 46.9 Å². The Morgan fingerprint density at radius 1 is 1.15 bits per heavy atom. The maximum absolute atomic E-state index is 13.6. The minimum Gasteiger partial charge on any atom is -0.271 e. The summed E-state index contributed by atoms with van der Waals surface area (Å²) in [6.45, 7) is 2.16. The van der Waals surface area contributed by atoms with Gasteiger partial charge in [0.15, 0.2) is 0 Å². The molecular formula is C16H18BrFN2. The molecule has 4 heteroatoms. The van der Waals surface area contributed by atoms with Crippen LogP contribution < -0.4 is 11.3 Å². The predicted molar refractivity (Wildman–Crippen MR) is 83.7 cm³/mol. The molecule has 0 saturated carbocycles. The van der Waals surface area contributed by atoms with E-state index in [0.717, 1.165) is 24.0 Å². The molecule has 0 amide bonds. The molecule has 2 aromatic carbocycles. The number of nitrogens with one attached hydrogen (secondary N) is 1. The molecule has 0 aliphatic carbocycles. The highest BCUT2D eigenvalue weighted by molar-refractivity contribution is 9.10. The lowest BCUT2D eigenvalue weighted by Gasteiger charge is -2.17. The Hall–Kier alpha value is -1.23. The van der Waals surface area contributed by atoms with Crippen LogP contribution in [0, 0.1) is 5.82 Å². The molecule has 2 rings (SSSR count). The van der Waals surface area contributed by atoms with Crippen molar-refractivity contribution in [2.45, 2.75) is 25.8 Å². The lowest BCUT2D eigenvalue weighted by atomic mass is 9.97. The predicted octanol–water partition coefficient (Wildman–Crippen LogP) is 4.09. The standard InChI is InChI=1S/C16H18BrFN2/c1-2-3-11-4-6-12(7-5-11)16(20-19)13-8-9-14(17)15(18)10-13/h4-10,16,20H,2-3,19H2,1H3. The van der Waals surface area contributed by atoms with Crippen molar-refractivity contribution in [1.29, 1.82) is 0 Å². The Labute approximate surface area is 127 Å². The molecule has 2 aromatic rings. The fourth-order valence-corrected chi connectivity index (χ4v) is 2.49. The topological polar surface area (TPSA) is 38.0 Å². The van der Waals surface area contributed by atoms with Crippen molar-refractivity contribution >= 4 is 15.9 Å². The van der Waals surface area contributed by atoms with Crippen molar-refractivity contribution in [1.82, 2.24) is 5.43 Å². The molecule has 0 radical (unpaired) electrons. The zero-order chi connectivity index (χ0) is 14.5. The van der Waals surface area contributed by atoms with Crippen molar-refractivity contribution in [3.05, 3.63) is 69.4 Å². The van der Waals surface area contributed by atoms with E-state index in [1.165, 1.54) is 11.6 Å². The van der Waals surface area contributed by atoms with E-state index in [4.69, 9.17) is 5.84 Å². The van der Waals surface area contributed by atoms with Gasteiger partial charge in [0, 0.05) is 0 Å². The number of halogens is 2. The van der Waals surface area contributed by atoms with E-state index >= 15 is 0 Å². The maximum Gasteiger partial charge on any atom is 0.137 e. The van der Waals surface area contributed by atoms with E-state index in [0.29, 0.717) is 4.47 Å². The first-order valence-corrected chi connectivity index (χ1v) is 7.45. The molecule has 3 N–H and O–H groups in total. The van der Waals surface area contributed by atoms with Gasteiger partial charge in [-0.2, -0.15) is 0 Å². The van der Waals surface area contributed by atoms with Gasteiger partial charge in [0.05, 0.1) is 10.5 Å². The molecule has 2 nitrogen and oxygen atoms in total. The second kappa shape index (κ2) is 6.97. The third-order valence-corrected chi connectivity index (χ3v) is 3.94. The quantitative estimate of drug-likeness (QED) is 0.637. The van der Waals surface area contributed by atoms with Crippen LogP contribution >= 0.6 is 15.9 Å². The fourth-order valence-electron chi connectivity index (χ4n) is 2.24. The first-order chi connectivity index (χ1) is 9.65. The fraction of sp³-hybridized carbons (Fsp3) is 0.250. The first-order valence-electron chi connectivity index (χ1n) is 6.65. The molecule has 0 aromatic heterocycles. The Bertz CT molecular complexity index is 569. The average molecular weight is 337 g/mol. The monoisotopic (exact) mass is 336 g/mol. The van der Waals surface area contributed by atoms with Crippen LogP contribution in [0.5, 0.6) is 0 Å². The molecule has 0 spiro atoms. The number of hydrogen-bond acceptors (Lipinski definition) is 2. The summed E-state index contributed by atoms with van der Waals surface area (Å²) in [5.41, 5.74) is 5.88. The molecule has 20 heavy (non-hydrogen) atoms. The second-order valence-corrected chi connectivity index (χ2v) is 5.62. The van der Waals surface area contributed by atoms with Crippen molar-refractivity contribution in [3.8, 4) is 0 Å². The van der Waals surface area contributed by atoms with Gasteiger partial charge in [0.25, 0.3) is 0 Å². The third kappa shape index (κ3) is 3.45. The minimum absolute atomic E-state index is 0.215. The van der Waals surface area contributed by atoms with E-state index in [-0.39, 0.29) is 11.9 Å².